The monoisotopic (exact) mass is 893 g/mol. The van der Waals surface area contributed by atoms with Crippen LogP contribution in [-0.2, 0) is 5.41 Å². The maximum Gasteiger partial charge on any atom is 0.0756 e. The summed E-state index contributed by atoms with van der Waals surface area (Å²) >= 11 is 0. The van der Waals surface area contributed by atoms with E-state index in [0.717, 1.165) is 51.2 Å². The van der Waals surface area contributed by atoms with Gasteiger partial charge in [-0.2, -0.15) is 0 Å². The highest BCUT2D eigenvalue weighted by atomic mass is 15.2. The molecule has 70 heavy (non-hydrogen) atoms. The number of hydrogen-bond acceptors (Lipinski definition) is 3. The molecule has 11 aromatic carbocycles. The Balaban J connectivity index is 1.12. The Labute approximate surface area is 410 Å². The summed E-state index contributed by atoms with van der Waals surface area (Å²) < 4.78 is 0. The molecule has 0 N–H and O–H groups in total. The maximum absolute atomic E-state index is 2.49. The van der Waals surface area contributed by atoms with Gasteiger partial charge in [-0.1, -0.05) is 182 Å². The lowest BCUT2D eigenvalue weighted by atomic mass is 9.64. The summed E-state index contributed by atoms with van der Waals surface area (Å²) in [6.07, 6.45) is 0. The van der Waals surface area contributed by atoms with E-state index in [1.807, 2.05) is 0 Å². The van der Waals surface area contributed by atoms with Crippen LogP contribution in [0.5, 0.6) is 0 Å². The van der Waals surface area contributed by atoms with Gasteiger partial charge in [0.15, 0.2) is 0 Å². The highest BCUT2D eigenvalue weighted by Gasteiger charge is 2.52. The van der Waals surface area contributed by atoms with Gasteiger partial charge in [-0.3, -0.25) is 0 Å². The van der Waals surface area contributed by atoms with E-state index in [2.05, 4.69) is 300 Å². The summed E-state index contributed by atoms with van der Waals surface area (Å²) in [5.74, 6) is 0. The normalized spacial score (nSPS) is 12.7. The van der Waals surface area contributed by atoms with E-state index in [1.165, 1.54) is 55.6 Å². The Morgan fingerprint density at radius 2 is 0.614 bits per heavy atom. The lowest BCUT2D eigenvalue weighted by Crippen LogP contribution is -2.36. The second-order valence-electron chi connectivity index (χ2n) is 18.1. The fourth-order valence-corrected chi connectivity index (χ4v) is 11.2. The van der Waals surface area contributed by atoms with E-state index in [0.29, 0.717) is 0 Å². The molecule has 11 aromatic rings. The van der Waals surface area contributed by atoms with Crippen LogP contribution < -0.4 is 14.7 Å². The summed E-state index contributed by atoms with van der Waals surface area (Å²) in [4.78, 5) is 7.28. The summed E-state index contributed by atoms with van der Waals surface area (Å²) in [7, 11) is 0. The predicted octanol–water partition coefficient (Wildman–Crippen LogP) is 18.1. The van der Waals surface area contributed by atoms with Crippen molar-refractivity contribution in [1.82, 2.24) is 0 Å². The van der Waals surface area contributed by atoms with Gasteiger partial charge in [0.25, 0.3) is 0 Å². The smallest absolute Gasteiger partial charge is 0.0756 e. The van der Waals surface area contributed by atoms with Gasteiger partial charge in [0.2, 0.25) is 0 Å². The first kappa shape index (κ1) is 41.0. The van der Waals surface area contributed by atoms with Crippen molar-refractivity contribution in [2.45, 2.75) is 5.41 Å². The molecule has 0 saturated carbocycles. The number of para-hydroxylation sites is 5. The van der Waals surface area contributed by atoms with Gasteiger partial charge in [-0.05, 0) is 159 Å². The average Bonchev–Trinajstić information content (AvgIpc) is 3.72. The Morgan fingerprint density at radius 3 is 1.09 bits per heavy atom. The third kappa shape index (κ3) is 6.74. The molecule has 0 unspecified atom stereocenters. The van der Waals surface area contributed by atoms with E-state index in [-0.39, 0.29) is 0 Å². The molecule has 1 spiro atoms. The fraction of sp³-hybridized carbons (Fsp3) is 0.0149. The van der Waals surface area contributed by atoms with Crippen LogP contribution in [0.3, 0.4) is 0 Å². The zero-order valence-electron chi connectivity index (χ0n) is 38.5. The van der Waals surface area contributed by atoms with E-state index >= 15 is 0 Å². The molecular formula is C67H47N3. The first-order valence-electron chi connectivity index (χ1n) is 24.1. The van der Waals surface area contributed by atoms with E-state index in [9.17, 15) is 0 Å². The third-order valence-electron chi connectivity index (χ3n) is 14.2. The fourth-order valence-electron chi connectivity index (χ4n) is 11.2. The molecule has 330 valence electrons. The SMILES string of the molecule is c1ccc(-c2ccc(N3c4ccccc4C4(c5cc(N(c6ccccc6)c6ccccc6)ccc5-c5ccc(N(c6ccccc6)c6ccccc6)cc54)c4cc(-c5ccccc5)ccc43)cc2)cc1. The first-order chi connectivity index (χ1) is 34.7. The highest BCUT2D eigenvalue weighted by molar-refractivity contribution is 5.99. The van der Waals surface area contributed by atoms with Crippen LogP contribution in [0.15, 0.2) is 285 Å². The Hall–Kier alpha value is -9.18. The summed E-state index contributed by atoms with van der Waals surface area (Å²) in [6, 6.07) is 104. The minimum atomic E-state index is -0.758. The molecule has 13 rings (SSSR count). The second-order valence-corrected chi connectivity index (χ2v) is 18.1. The molecule has 3 nitrogen and oxygen atoms in total. The van der Waals surface area contributed by atoms with Crippen molar-refractivity contribution in [3.05, 3.63) is 307 Å². The van der Waals surface area contributed by atoms with Crippen molar-refractivity contribution >= 4 is 51.2 Å². The molecule has 0 aromatic heterocycles. The van der Waals surface area contributed by atoms with Crippen molar-refractivity contribution < 1.29 is 0 Å². The third-order valence-corrected chi connectivity index (χ3v) is 14.2. The Kier molecular flexibility index (Phi) is 10.1. The van der Waals surface area contributed by atoms with Gasteiger partial charge >= 0.3 is 0 Å². The van der Waals surface area contributed by atoms with Crippen molar-refractivity contribution in [2.24, 2.45) is 0 Å². The van der Waals surface area contributed by atoms with E-state index in [4.69, 9.17) is 0 Å². The van der Waals surface area contributed by atoms with Crippen molar-refractivity contribution in [1.29, 1.82) is 0 Å². The lowest BCUT2D eigenvalue weighted by molar-refractivity contribution is 0.753. The number of anilines is 9. The molecule has 0 bridgehead atoms. The molecule has 0 radical (unpaired) electrons. The number of benzene rings is 11. The van der Waals surface area contributed by atoms with Crippen LogP contribution in [-0.4, -0.2) is 0 Å². The molecular weight excluding hydrogens is 847 g/mol. The van der Waals surface area contributed by atoms with Crippen LogP contribution in [0.1, 0.15) is 22.3 Å². The van der Waals surface area contributed by atoms with E-state index in [1.54, 1.807) is 0 Å². The Morgan fingerprint density at radius 1 is 0.243 bits per heavy atom. The van der Waals surface area contributed by atoms with E-state index < -0.39 is 5.41 Å². The number of fused-ring (bicyclic) bond motifs is 9. The van der Waals surface area contributed by atoms with Crippen LogP contribution in [0.25, 0.3) is 33.4 Å². The first-order valence-corrected chi connectivity index (χ1v) is 24.1. The van der Waals surface area contributed by atoms with Gasteiger partial charge in [0.1, 0.15) is 0 Å². The maximum atomic E-state index is 2.49. The van der Waals surface area contributed by atoms with Gasteiger partial charge in [0, 0.05) is 39.8 Å². The van der Waals surface area contributed by atoms with Gasteiger partial charge < -0.3 is 14.7 Å². The largest absolute Gasteiger partial charge is 0.310 e. The number of hydrogen-bond donors (Lipinski definition) is 0. The molecule has 1 aliphatic carbocycles. The number of nitrogens with zero attached hydrogens (tertiary/aromatic N) is 3. The van der Waals surface area contributed by atoms with Crippen LogP contribution in [0.4, 0.5) is 51.2 Å². The predicted molar refractivity (Wildman–Crippen MR) is 292 cm³/mol. The quantitative estimate of drug-likeness (QED) is 0.143. The van der Waals surface area contributed by atoms with Gasteiger partial charge in [0.05, 0.1) is 16.8 Å². The molecule has 0 fully saturated rings. The molecule has 0 amide bonds. The van der Waals surface area contributed by atoms with Gasteiger partial charge in [-0.15, -0.1) is 0 Å². The summed E-state index contributed by atoms with van der Waals surface area (Å²) in [5.41, 5.74) is 21.4. The summed E-state index contributed by atoms with van der Waals surface area (Å²) in [6.45, 7) is 0. The standard InChI is InChI=1S/C67H47N3/c1-7-21-48(22-8-1)50-35-38-56(39-36-50)70-65-34-20-19-33-61(65)67(64-45-51(37-44-66(64)70)49-23-9-2-10-24-49)62-46-57(68(52-25-11-3-12-26-52)53-27-13-4-14-28-53)40-42-59(62)60-43-41-58(47-63(60)67)69(54-29-15-5-16-30-54)55-31-17-6-18-32-55/h1-47H. The molecule has 0 atom stereocenters. The van der Waals surface area contributed by atoms with Crippen molar-refractivity contribution in [3.8, 4) is 33.4 Å². The van der Waals surface area contributed by atoms with Gasteiger partial charge in [-0.25, -0.2) is 0 Å². The Bertz CT molecular complexity index is 3420. The summed E-state index contributed by atoms with van der Waals surface area (Å²) in [5, 5.41) is 0. The van der Waals surface area contributed by atoms with Crippen molar-refractivity contribution in [2.75, 3.05) is 14.7 Å². The lowest BCUT2D eigenvalue weighted by Gasteiger charge is -2.45. The topological polar surface area (TPSA) is 9.72 Å². The van der Waals surface area contributed by atoms with Crippen LogP contribution in [0.2, 0.25) is 0 Å². The van der Waals surface area contributed by atoms with Crippen LogP contribution >= 0.6 is 0 Å². The zero-order valence-corrected chi connectivity index (χ0v) is 38.5. The molecule has 0 saturated heterocycles. The van der Waals surface area contributed by atoms with Crippen molar-refractivity contribution in [3.63, 3.8) is 0 Å². The second kappa shape index (κ2) is 17.2. The molecule has 1 aliphatic heterocycles. The zero-order chi connectivity index (χ0) is 46.4. The molecule has 1 heterocycles. The van der Waals surface area contributed by atoms with Crippen LogP contribution in [0, 0.1) is 0 Å². The average molecular weight is 894 g/mol. The minimum Gasteiger partial charge on any atom is -0.310 e. The number of rotatable bonds is 9. The minimum absolute atomic E-state index is 0.758. The molecule has 2 aliphatic rings. The highest BCUT2D eigenvalue weighted by Crippen LogP contribution is 2.65. The molecule has 3 heteroatoms.